The quantitative estimate of drug-likeness (QED) is 0.708. The Kier molecular flexibility index (Phi) is 6.42. The van der Waals surface area contributed by atoms with Crippen LogP contribution in [0.4, 0.5) is 0 Å². The second-order valence-electron chi connectivity index (χ2n) is 7.28. The second kappa shape index (κ2) is 8.78. The van der Waals surface area contributed by atoms with Crippen LogP contribution in [-0.2, 0) is 18.4 Å². The molecule has 2 heterocycles. The lowest BCUT2D eigenvalue weighted by Gasteiger charge is -2.39. The Labute approximate surface area is 165 Å². The zero-order chi connectivity index (χ0) is 19.4. The molecule has 1 aromatic heterocycles. The Hall–Kier alpha value is -2.02. The molecule has 0 N–H and O–H groups in total. The van der Waals surface area contributed by atoms with Gasteiger partial charge in [-0.1, -0.05) is 29.5 Å². The minimum Gasteiger partial charge on any atom is -0.486 e. The van der Waals surface area contributed by atoms with Crippen LogP contribution in [0.15, 0.2) is 29.4 Å². The van der Waals surface area contributed by atoms with Crippen molar-refractivity contribution in [3.63, 3.8) is 0 Å². The predicted molar refractivity (Wildman–Crippen MR) is 107 cm³/mol. The summed E-state index contributed by atoms with van der Waals surface area (Å²) in [5.74, 6) is 2.12. The number of hydrogen-bond acceptors (Lipinski definition) is 5. The van der Waals surface area contributed by atoms with Gasteiger partial charge >= 0.3 is 0 Å². The van der Waals surface area contributed by atoms with Crippen molar-refractivity contribution < 1.29 is 9.53 Å². The first-order chi connectivity index (χ1) is 13.0. The fourth-order valence-electron chi connectivity index (χ4n) is 3.49. The Balaban J connectivity index is 1.55. The molecule has 1 aliphatic rings. The molecular formula is C20H28N4O2S. The standard InChI is InChI=1S/C20H28N4O2S/c1-14-8-10-17(11-9-14)26-12-18-21-22-20(23(18)4)27-13-19(25)24-15(2)6-5-7-16(24)3/h8-11,15-16H,5-7,12-13H2,1-4H3/t15-,16+. The second-order valence-corrected chi connectivity index (χ2v) is 8.22. The number of aromatic nitrogens is 3. The third-order valence-electron chi connectivity index (χ3n) is 5.12. The SMILES string of the molecule is Cc1ccc(OCc2nnc(SCC(=O)N3[C@H](C)CCC[C@@H]3C)n2C)cc1. The lowest BCUT2D eigenvalue weighted by Crippen LogP contribution is -2.48. The summed E-state index contributed by atoms with van der Waals surface area (Å²) in [7, 11) is 1.91. The summed E-state index contributed by atoms with van der Waals surface area (Å²) in [5.41, 5.74) is 1.20. The molecule has 1 amide bonds. The van der Waals surface area contributed by atoms with Crippen LogP contribution in [-0.4, -0.2) is 43.4 Å². The van der Waals surface area contributed by atoms with E-state index < -0.39 is 0 Å². The molecule has 0 radical (unpaired) electrons. The van der Waals surface area contributed by atoms with Gasteiger partial charge in [0.25, 0.3) is 0 Å². The van der Waals surface area contributed by atoms with Gasteiger partial charge < -0.3 is 14.2 Å². The average molecular weight is 389 g/mol. The van der Waals surface area contributed by atoms with E-state index in [4.69, 9.17) is 4.74 Å². The normalized spacial score (nSPS) is 19.9. The minimum atomic E-state index is 0.181. The summed E-state index contributed by atoms with van der Waals surface area (Å²) in [6.07, 6.45) is 3.38. The molecule has 6 nitrogen and oxygen atoms in total. The number of likely N-dealkylation sites (tertiary alicyclic amines) is 1. The first-order valence-corrected chi connectivity index (χ1v) is 10.5. The Morgan fingerprint density at radius 1 is 1.19 bits per heavy atom. The van der Waals surface area contributed by atoms with Gasteiger partial charge in [-0.2, -0.15) is 0 Å². The molecule has 1 saturated heterocycles. The van der Waals surface area contributed by atoms with Gasteiger partial charge in [0, 0.05) is 19.1 Å². The molecule has 2 aromatic rings. The molecule has 1 fully saturated rings. The van der Waals surface area contributed by atoms with Crippen LogP contribution >= 0.6 is 11.8 Å². The van der Waals surface area contributed by atoms with E-state index in [1.54, 1.807) is 0 Å². The number of nitrogens with zero attached hydrogens (tertiary/aromatic N) is 4. The zero-order valence-electron chi connectivity index (χ0n) is 16.5. The number of thioether (sulfide) groups is 1. The van der Waals surface area contributed by atoms with Crippen LogP contribution in [0.5, 0.6) is 5.75 Å². The van der Waals surface area contributed by atoms with Crippen LogP contribution in [0.2, 0.25) is 0 Å². The fraction of sp³-hybridized carbons (Fsp3) is 0.550. The monoisotopic (exact) mass is 388 g/mol. The summed E-state index contributed by atoms with van der Waals surface area (Å²) in [6.45, 7) is 6.67. The summed E-state index contributed by atoms with van der Waals surface area (Å²) < 4.78 is 7.68. The van der Waals surface area contributed by atoms with Gasteiger partial charge in [-0.25, -0.2) is 0 Å². The van der Waals surface area contributed by atoms with Gasteiger partial charge in [-0.15, -0.1) is 10.2 Å². The summed E-state index contributed by atoms with van der Waals surface area (Å²) in [6, 6.07) is 8.56. The van der Waals surface area contributed by atoms with Gasteiger partial charge in [0.2, 0.25) is 5.91 Å². The van der Waals surface area contributed by atoms with Crippen LogP contribution in [0.3, 0.4) is 0 Å². The van der Waals surface area contributed by atoms with Crippen molar-refractivity contribution in [2.45, 2.75) is 63.9 Å². The summed E-state index contributed by atoms with van der Waals surface area (Å²) >= 11 is 1.44. The number of aryl methyl sites for hydroxylation is 1. The van der Waals surface area contributed by atoms with Gasteiger partial charge in [-0.3, -0.25) is 4.79 Å². The van der Waals surface area contributed by atoms with Crippen molar-refractivity contribution in [2.24, 2.45) is 7.05 Å². The van der Waals surface area contributed by atoms with Crippen molar-refractivity contribution in [1.82, 2.24) is 19.7 Å². The number of amides is 1. The zero-order valence-corrected chi connectivity index (χ0v) is 17.3. The molecule has 0 unspecified atom stereocenters. The molecule has 2 atom stereocenters. The van der Waals surface area contributed by atoms with Crippen LogP contribution < -0.4 is 4.74 Å². The number of piperidine rings is 1. The number of benzene rings is 1. The third kappa shape index (κ3) is 4.83. The number of carbonyl (C=O) groups is 1. The molecule has 0 bridgehead atoms. The molecule has 1 aliphatic heterocycles. The number of carbonyl (C=O) groups excluding carboxylic acids is 1. The fourth-order valence-corrected chi connectivity index (χ4v) is 4.29. The lowest BCUT2D eigenvalue weighted by molar-refractivity contribution is -0.134. The molecule has 3 rings (SSSR count). The molecule has 146 valence electrons. The molecule has 0 aliphatic carbocycles. The maximum atomic E-state index is 12.7. The highest BCUT2D eigenvalue weighted by molar-refractivity contribution is 7.99. The first kappa shape index (κ1) is 19.7. The largest absolute Gasteiger partial charge is 0.486 e. The van der Waals surface area contributed by atoms with E-state index >= 15 is 0 Å². The number of ether oxygens (including phenoxy) is 1. The molecule has 1 aromatic carbocycles. The predicted octanol–water partition coefficient (Wildman–Crippen LogP) is 3.58. The van der Waals surface area contributed by atoms with Crippen molar-refractivity contribution >= 4 is 17.7 Å². The highest BCUT2D eigenvalue weighted by Gasteiger charge is 2.29. The summed E-state index contributed by atoms with van der Waals surface area (Å²) in [5, 5.41) is 9.17. The molecule has 7 heteroatoms. The minimum absolute atomic E-state index is 0.181. The summed E-state index contributed by atoms with van der Waals surface area (Å²) in [4.78, 5) is 14.7. The first-order valence-electron chi connectivity index (χ1n) is 9.47. The van der Waals surface area contributed by atoms with E-state index in [2.05, 4.69) is 24.0 Å². The number of hydrogen-bond donors (Lipinski definition) is 0. The Morgan fingerprint density at radius 2 is 1.85 bits per heavy atom. The van der Waals surface area contributed by atoms with E-state index in [1.165, 1.54) is 23.7 Å². The van der Waals surface area contributed by atoms with Crippen molar-refractivity contribution in [3.8, 4) is 5.75 Å². The molecule has 27 heavy (non-hydrogen) atoms. The lowest BCUT2D eigenvalue weighted by atomic mass is 9.98. The van der Waals surface area contributed by atoms with E-state index in [0.29, 0.717) is 24.4 Å². The maximum absolute atomic E-state index is 12.7. The molecule has 0 spiro atoms. The van der Waals surface area contributed by atoms with Crippen molar-refractivity contribution in [2.75, 3.05) is 5.75 Å². The Morgan fingerprint density at radius 3 is 2.52 bits per heavy atom. The molecule has 0 saturated carbocycles. The van der Waals surface area contributed by atoms with Gasteiger partial charge in [0.05, 0.1) is 5.75 Å². The van der Waals surface area contributed by atoms with Crippen molar-refractivity contribution in [3.05, 3.63) is 35.7 Å². The smallest absolute Gasteiger partial charge is 0.233 e. The highest BCUT2D eigenvalue weighted by Crippen LogP contribution is 2.25. The topological polar surface area (TPSA) is 60.3 Å². The van der Waals surface area contributed by atoms with E-state index in [-0.39, 0.29) is 5.91 Å². The Bertz CT molecular complexity index is 765. The van der Waals surface area contributed by atoms with Crippen molar-refractivity contribution in [1.29, 1.82) is 0 Å². The van der Waals surface area contributed by atoms with E-state index in [9.17, 15) is 4.79 Å². The van der Waals surface area contributed by atoms with E-state index in [1.807, 2.05) is 47.7 Å². The van der Waals surface area contributed by atoms with E-state index in [0.717, 1.165) is 29.6 Å². The van der Waals surface area contributed by atoms with Crippen LogP contribution in [0.25, 0.3) is 0 Å². The average Bonchev–Trinajstić information content (AvgIpc) is 2.99. The highest BCUT2D eigenvalue weighted by atomic mass is 32.2. The van der Waals surface area contributed by atoms with Crippen LogP contribution in [0.1, 0.15) is 44.5 Å². The molecular weight excluding hydrogens is 360 g/mol. The van der Waals surface area contributed by atoms with Gasteiger partial charge in [0.15, 0.2) is 11.0 Å². The maximum Gasteiger partial charge on any atom is 0.233 e. The van der Waals surface area contributed by atoms with Gasteiger partial charge in [0.1, 0.15) is 12.4 Å². The van der Waals surface area contributed by atoms with Crippen LogP contribution in [0, 0.1) is 6.92 Å². The van der Waals surface area contributed by atoms with Gasteiger partial charge in [-0.05, 0) is 52.2 Å². The number of rotatable bonds is 6. The third-order valence-corrected chi connectivity index (χ3v) is 6.13.